The summed E-state index contributed by atoms with van der Waals surface area (Å²) in [4.78, 5) is 25.0. The molecule has 3 atom stereocenters. The number of aliphatic hydroxyl groups excluding tert-OH is 1. The van der Waals surface area contributed by atoms with Crippen LogP contribution in [-0.2, 0) is 28.6 Å². The standard InChI is InChI=1S/C30H38ClF3N2O3S/c1-17(37)23(10-20-12-25(30(32,33)34)28(35)26(31)13-20)14-24(38)11-19-4-2-18(3-5-19)6-7-21-8-9-22-15-40-16-27(22)36-29(21)39/h12-13,15-16,18-19,21,23-24,38H,2-11,14,35H2,1H3,(H,36,39)/t18?,19?,21?,23-,24?/m0/s1. The highest BCUT2D eigenvalue weighted by molar-refractivity contribution is 7.08. The van der Waals surface area contributed by atoms with Crippen LogP contribution < -0.4 is 11.1 Å². The number of hydrogen-bond acceptors (Lipinski definition) is 5. The van der Waals surface area contributed by atoms with Crippen LogP contribution in [0.2, 0.25) is 5.02 Å². The van der Waals surface area contributed by atoms with Gasteiger partial charge < -0.3 is 16.2 Å². The van der Waals surface area contributed by atoms with E-state index in [1.807, 2.05) is 5.38 Å². The second-order valence-corrected chi connectivity index (χ2v) is 12.8. The van der Waals surface area contributed by atoms with Gasteiger partial charge in [0.15, 0.2) is 0 Å². The fourth-order valence-corrected chi connectivity index (χ4v) is 7.37. The number of amides is 1. The largest absolute Gasteiger partial charge is 0.418 e. The number of alkyl halides is 3. The Labute approximate surface area is 242 Å². The predicted octanol–water partition coefficient (Wildman–Crippen LogP) is 7.68. The fourth-order valence-electron chi connectivity index (χ4n) is 6.30. The van der Waals surface area contributed by atoms with Crippen LogP contribution in [-0.4, -0.2) is 22.9 Å². The quantitative estimate of drug-likeness (QED) is 0.245. The highest BCUT2D eigenvalue weighted by Gasteiger charge is 2.35. The average molecular weight is 599 g/mol. The minimum Gasteiger partial charge on any atom is -0.397 e. The van der Waals surface area contributed by atoms with E-state index in [1.54, 1.807) is 11.3 Å². The summed E-state index contributed by atoms with van der Waals surface area (Å²) in [5, 5.41) is 17.8. The first-order valence-electron chi connectivity index (χ1n) is 14.1. The first-order valence-corrected chi connectivity index (χ1v) is 15.4. The summed E-state index contributed by atoms with van der Waals surface area (Å²) in [6, 6.07) is 2.32. The first-order chi connectivity index (χ1) is 18.9. The lowest BCUT2D eigenvalue weighted by Crippen LogP contribution is -2.26. The Hall–Kier alpha value is -2.10. The Kier molecular flexibility index (Phi) is 10.2. The number of benzene rings is 1. The molecule has 10 heteroatoms. The van der Waals surface area contributed by atoms with Crippen LogP contribution >= 0.6 is 22.9 Å². The number of aryl methyl sites for hydroxylation is 1. The molecule has 220 valence electrons. The summed E-state index contributed by atoms with van der Waals surface area (Å²) in [6.07, 6.45) is 3.29. The predicted molar refractivity (Wildman–Crippen MR) is 153 cm³/mol. The number of hydrogen-bond donors (Lipinski definition) is 3. The van der Waals surface area contributed by atoms with Crippen molar-refractivity contribution in [1.82, 2.24) is 0 Å². The van der Waals surface area contributed by atoms with E-state index in [2.05, 4.69) is 10.7 Å². The summed E-state index contributed by atoms with van der Waals surface area (Å²) in [5.74, 6) is 0.303. The van der Waals surface area contributed by atoms with E-state index in [4.69, 9.17) is 17.3 Å². The van der Waals surface area contributed by atoms with Gasteiger partial charge in [-0.05, 0) is 92.3 Å². The van der Waals surface area contributed by atoms with Gasteiger partial charge in [0.1, 0.15) is 5.78 Å². The fraction of sp³-hybridized carbons (Fsp3) is 0.600. The molecule has 0 radical (unpaired) electrons. The van der Waals surface area contributed by atoms with Crippen molar-refractivity contribution in [3.63, 3.8) is 0 Å². The molecule has 0 saturated heterocycles. The molecule has 1 aliphatic heterocycles. The molecule has 40 heavy (non-hydrogen) atoms. The molecule has 5 nitrogen and oxygen atoms in total. The van der Waals surface area contributed by atoms with E-state index in [1.165, 1.54) is 18.6 Å². The van der Waals surface area contributed by atoms with Crippen molar-refractivity contribution in [2.75, 3.05) is 11.1 Å². The first kappa shape index (κ1) is 30.8. The van der Waals surface area contributed by atoms with E-state index in [-0.39, 0.29) is 41.0 Å². The van der Waals surface area contributed by atoms with Gasteiger partial charge in [-0.1, -0.05) is 37.3 Å². The van der Waals surface area contributed by atoms with E-state index in [0.29, 0.717) is 18.3 Å². The topological polar surface area (TPSA) is 92.4 Å². The molecular formula is C30H38ClF3N2O3S. The molecule has 1 aliphatic carbocycles. The molecule has 2 aliphatic rings. The molecule has 2 unspecified atom stereocenters. The molecule has 1 saturated carbocycles. The monoisotopic (exact) mass is 598 g/mol. The zero-order valence-corrected chi connectivity index (χ0v) is 24.3. The lowest BCUT2D eigenvalue weighted by atomic mass is 9.76. The van der Waals surface area contributed by atoms with E-state index in [9.17, 15) is 27.9 Å². The van der Waals surface area contributed by atoms with Gasteiger partial charge in [0.2, 0.25) is 5.91 Å². The van der Waals surface area contributed by atoms with Crippen LogP contribution in [0.3, 0.4) is 0 Å². The van der Waals surface area contributed by atoms with Crippen molar-refractivity contribution in [3.05, 3.63) is 44.6 Å². The van der Waals surface area contributed by atoms with Crippen LogP contribution in [0.15, 0.2) is 22.9 Å². The van der Waals surface area contributed by atoms with Gasteiger partial charge >= 0.3 is 6.18 Å². The smallest absolute Gasteiger partial charge is 0.397 e. The van der Waals surface area contributed by atoms with Crippen LogP contribution in [0.5, 0.6) is 0 Å². The second-order valence-electron chi connectivity index (χ2n) is 11.7. The molecule has 2 heterocycles. The zero-order chi connectivity index (χ0) is 29.0. The highest BCUT2D eigenvalue weighted by atomic mass is 35.5. The summed E-state index contributed by atoms with van der Waals surface area (Å²) in [6.45, 7) is 1.40. The summed E-state index contributed by atoms with van der Waals surface area (Å²) in [5.41, 5.74) is 6.47. The number of nitrogens with two attached hydrogens (primary N) is 1. The minimum absolute atomic E-state index is 0.0450. The van der Waals surface area contributed by atoms with Crippen LogP contribution in [0.25, 0.3) is 0 Å². The Morgan fingerprint density at radius 1 is 1.15 bits per heavy atom. The number of halogens is 4. The van der Waals surface area contributed by atoms with Crippen LogP contribution in [0, 0.1) is 23.7 Å². The molecule has 0 bridgehead atoms. The van der Waals surface area contributed by atoms with Crippen molar-refractivity contribution in [3.8, 4) is 0 Å². The number of ketones is 1. The minimum atomic E-state index is -4.65. The maximum absolute atomic E-state index is 13.4. The molecular weight excluding hydrogens is 561 g/mol. The van der Waals surface area contributed by atoms with Crippen LogP contribution in [0.1, 0.15) is 81.4 Å². The molecule has 1 fully saturated rings. The number of Topliss-reactive ketones (excluding diaryl/α,β-unsaturated/α-hetero) is 1. The van der Waals surface area contributed by atoms with E-state index in [0.717, 1.165) is 63.1 Å². The van der Waals surface area contributed by atoms with Crippen molar-refractivity contribution in [2.24, 2.45) is 23.7 Å². The number of thiophene rings is 1. The Morgan fingerprint density at radius 2 is 1.85 bits per heavy atom. The number of carbonyl (C=O) groups excluding carboxylic acids is 2. The summed E-state index contributed by atoms with van der Waals surface area (Å²) < 4.78 is 40.1. The third-order valence-corrected chi connectivity index (χ3v) is 9.84. The Balaban J connectivity index is 1.23. The van der Waals surface area contributed by atoms with Crippen molar-refractivity contribution in [1.29, 1.82) is 0 Å². The zero-order valence-electron chi connectivity index (χ0n) is 22.7. The number of nitrogens with one attached hydrogen (secondary N) is 1. The Morgan fingerprint density at radius 3 is 2.52 bits per heavy atom. The normalized spacial score (nSPS) is 23.1. The lowest BCUT2D eigenvalue weighted by molar-refractivity contribution is -0.137. The molecule has 4 rings (SSSR count). The van der Waals surface area contributed by atoms with Crippen molar-refractivity contribution >= 4 is 46.0 Å². The maximum Gasteiger partial charge on any atom is 0.418 e. The molecule has 1 amide bonds. The van der Waals surface area contributed by atoms with E-state index < -0.39 is 29.4 Å². The number of carbonyl (C=O) groups is 2. The van der Waals surface area contributed by atoms with Gasteiger partial charge in [-0.25, -0.2) is 0 Å². The maximum atomic E-state index is 13.4. The van der Waals surface area contributed by atoms with Gasteiger partial charge in [-0.15, -0.1) is 11.3 Å². The average Bonchev–Trinajstić information content (AvgIpc) is 3.26. The number of aliphatic hydroxyl groups is 1. The molecule has 0 spiro atoms. The van der Waals surface area contributed by atoms with Gasteiger partial charge in [0, 0.05) is 17.2 Å². The summed E-state index contributed by atoms with van der Waals surface area (Å²) in [7, 11) is 0. The molecule has 2 aromatic rings. The number of nitrogen functional groups attached to an aromatic ring is 1. The second kappa shape index (κ2) is 13.3. The molecule has 1 aromatic heterocycles. The van der Waals surface area contributed by atoms with Gasteiger partial charge in [0.25, 0.3) is 0 Å². The van der Waals surface area contributed by atoms with E-state index >= 15 is 0 Å². The third-order valence-electron chi connectivity index (χ3n) is 8.74. The van der Waals surface area contributed by atoms with Gasteiger partial charge in [-0.2, -0.15) is 13.2 Å². The number of rotatable bonds is 10. The van der Waals surface area contributed by atoms with Gasteiger partial charge in [0.05, 0.1) is 28.1 Å². The highest BCUT2D eigenvalue weighted by Crippen LogP contribution is 2.39. The number of fused-ring (bicyclic) bond motifs is 1. The molecule has 1 aromatic carbocycles. The Bertz CT molecular complexity index is 1190. The van der Waals surface area contributed by atoms with Crippen LogP contribution in [0.4, 0.5) is 24.5 Å². The lowest BCUT2D eigenvalue weighted by Gasteiger charge is -2.31. The SMILES string of the molecule is CC(=O)[C@@H](Cc1cc(Cl)c(N)c(C(F)(F)F)c1)CC(O)CC1CCC(CCC2CCc3cscc3NC2=O)CC1. The van der Waals surface area contributed by atoms with Gasteiger partial charge in [-0.3, -0.25) is 9.59 Å². The van der Waals surface area contributed by atoms with Crippen molar-refractivity contribution in [2.45, 2.75) is 89.8 Å². The molecule has 4 N–H and O–H groups in total. The number of anilines is 2. The summed E-state index contributed by atoms with van der Waals surface area (Å²) >= 11 is 7.57. The third kappa shape index (κ3) is 8.01. The van der Waals surface area contributed by atoms with Crippen molar-refractivity contribution < 1.29 is 27.9 Å².